The Labute approximate surface area is 444 Å². The highest BCUT2D eigenvalue weighted by Gasteiger charge is 2.45. The first-order chi connectivity index (χ1) is 36.8. The Hall–Kier alpha value is -7.20. The molecular weight excluding hydrogens is 1010 g/mol. The van der Waals surface area contributed by atoms with Crippen molar-refractivity contribution in [2.45, 2.75) is 95.9 Å². The summed E-state index contributed by atoms with van der Waals surface area (Å²) in [5.41, 5.74) is 13.0. The van der Waals surface area contributed by atoms with Crippen LogP contribution in [0.15, 0.2) is 53.3 Å². The fraction of sp³-hybridized carbons (Fsp3) is 0.386. The Morgan fingerprint density at radius 3 is 2.54 bits per heavy atom. The van der Waals surface area contributed by atoms with Crippen molar-refractivity contribution < 1.29 is 32.6 Å². The number of ether oxygens (including phenoxy) is 3. The van der Waals surface area contributed by atoms with E-state index in [2.05, 4.69) is 22.5 Å². The van der Waals surface area contributed by atoms with Crippen molar-refractivity contribution in [1.82, 2.24) is 29.3 Å². The van der Waals surface area contributed by atoms with Gasteiger partial charge in [-0.1, -0.05) is 31.2 Å². The van der Waals surface area contributed by atoms with Gasteiger partial charge in [-0.05, 0) is 118 Å². The lowest BCUT2D eigenvalue weighted by Crippen LogP contribution is -2.50. The molecule has 2 unspecified atom stereocenters. The number of carbonyl (C=O) groups is 2. The third-order valence-corrected chi connectivity index (χ3v) is 18.3. The van der Waals surface area contributed by atoms with Gasteiger partial charge in [0.15, 0.2) is 5.82 Å². The number of pyridine rings is 2. The number of aryl methyl sites for hydroxylation is 2. The lowest BCUT2D eigenvalue weighted by molar-refractivity contribution is -0.148. The molecule has 6 aliphatic rings. The number of hydrogen-bond acceptors (Lipinski definition) is 14. The van der Waals surface area contributed by atoms with E-state index in [4.69, 9.17) is 41.5 Å². The first kappa shape index (κ1) is 48.4. The molecule has 0 radical (unpaired) electrons. The van der Waals surface area contributed by atoms with Crippen LogP contribution in [0.5, 0.6) is 11.8 Å². The number of anilines is 2. The zero-order chi connectivity index (χ0) is 52.5. The van der Waals surface area contributed by atoms with Crippen LogP contribution < -0.4 is 25.7 Å². The number of benzene rings is 3. The Bertz CT molecular complexity index is 3820. The summed E-state index contributed by atoms with van der Waals surface area (Å²) in [4.78, 5) is 61.8. The van der Waals surface area contributed by atoms with Crippen LogP contribution in [-0.4, -0.2) is 98.7 Å². The molecule has 1 amide bonds. The molecular formula is C57H52ClF2N9O6S. The van der Waals surface area contributed by atoms with Crippen molar-refractivity contribution in [1.29, 1.82) is 5.26 Å². The van der Waals surface area contributed by atoms with Crippen molar-refractivity contribution in [2.75, 3.05) is 56.5 Å². The molecule has 76 heavy (non-hydrogen) atoms. The van der Waals surface area contributed by atoms with Gasteiger partial charge >= 0.3 is 12.0 Å². The zero-order valence-corrected chi connectivity index (χ0v) is 43.6. The number of nitrogens with two attached hydrogens (primary N) is 1. The molecule has 2 atom stereocenters. The Balaban J connectivity index is 0.765. The maximum Gasteiger partial charge on any atom is 0.319 e. The molecule has 15 nitrogen and oxygen atoms in total. The first-order valence-electron chi connectivity index (χ1n) is 26.1. The second kappa shape index (κ2) is 18.2. The van der Waals surface area contributed by atoms with E-state index in [0.717, 1.165) is 114 Å². The second-order valence-electron chi connectivity index (χ2n) is 20.9. The monoisotopic (exact) mass is 1060 g/mol. The summed E-state index contributed by atoms with van der Waals surface area (Å²) in [5, 5.41) is 11.7. The molecule has 1 aliphatic carbocycles. The number of nitrogen functional groups attached to an aromatic ring is 1. The summed E-state index contributed by atoms with van der Waals surface area (Å²) >= 11 is 7.93. The fourth-order valence-electron chi connectivity index (χ4n) is 13.1. The van der Waals surface area contributed by atoms with Crippen molar-refractivity contribution in [2.24, 2.45) is 0 Å². The normalized spacial score (nSPS) is 18.8. The quantitative estimate of drug-likeness (QED) is 0.101. The van der Waals surface area contributed by atoms with Gasteiger partial charge in [0, 0.05) is 64.6 Å². The summed E-state index contributed by atoms with van der Waals surface area (Å²) in [6, 6.07) is 12.1. The van der Waals surface area contributed by atoms with E-state index in [9.17, 15) is 19.6 Å². The van der Waals surface area contributed by atoms with E-state index in [1.807, 2.05) is 36.9 Å². The molecule has 4 aromatic heterocycles. The molecule has 3 saturated heterocycles. The van der Waals surface area contributed by atoms with Crippen LogP contribution in [0.3, 0.4) is 0 Å². The predicted molar refractivity (Wildman–Crippen MR) is 286 cm³/mol. The number of amides is 1. The number of piperazine rings is 1. The van der Waals surface area contributed by atoms with E-state index in [1.54, 1.807) is 15.5 Å². The van der Waals surface area contributed by atoms with Gasteiger partial charge in [-0.2, -0.15) is 15.2 Å². The van der Waals surface area contributed by atoms with Crippen LogP contribution in [0.2, 0.25) is 5.02 Å². The number of aromatic nitrogens is 4. The third kappa shape index (κ3) is 7.39. The molecule has 5 aliphatic heterocycles. The van der Waals surface area contributed by atoms with Gasteiger partial charge in [-0.15, -0.1) is 11.3 Å². The third-order valence-electron chi connectivity index (χ3n) is 17.0. The fourth-order valence-corrected chi connectivity index (χ4v) is 14.3. The number of carbonyl (C=O) groups excluding carboxylic acids is 2. The summed E-state index contributed by atoms with van der Waals surface area (Å²) in [6.45, 7) is 11.9. The standard InChI is InChI=1S/C57H52ClF2N9O6S/c1-4-30-34-23-42-48-37(25-69(42)54(71)38(34)26-73-55(30)72)31-8-5-9-32-43(13-12-41(63-48)44(31)32)75-29(3)28(2)53(70)67-20-18-66(19-21-67)52-35-22-39(58)46(33-10-11-40(59)50-45(33)36(24-61)51(62)76-50)47(60)49(35)64-56(65-52)74-27-57-14-6-16-68(57)17-7-15-57/h10-13,22-23,29-30H,2,4-9,14-21,25-27,62H2,1,3H3. The molecule has 9 heterocycles. The molecule has 388 valence electrons. The highest BCUT2D eigenvalue weighted by molar-refractivity contribution is 7.23. The summed E-state index contributed by atoms with van der Waals surface area (Å²) in [6.07, 6.45) is 6.33. The number of fused-ring (bicyclic) bond motifs is 8. The number of cyclic esters (lactones) is 1. The van der Waals surface area contributed by atoms with Crippen LogP contribution in [-0.2, 0) is 40.3 Å². The molecule has 0 bridgehead atoms. The highest BCUT2D eigenvalue weighted by Crippen LogP contribution is 2.48. The number of nitriles is 1. The van der Waals surface area contributed by atoms with Crippen LogP contribution in [0.4, 0.5) is 19.6 Å². The van der Waals surface area contributed by atoms with Crippen LogP contribution in [0.25, 0.3) is 54.4 Å². The largest absolute Gasteiger partial charge is 0.486 e. The van der Waals surface area contributed by atoms with Gasteiger partial charge in [-0.3, -0.25) is 19.3 Å². The maximum atomic E-state index is 17.4. The Morgan fingerprint density at radius 2 is 1.78 bits per heavy atom. The number of esters is 1. The van der Waals surface area contributed by atoms with E-state index in [-0.39, 0.29) is 83.5 Å². The van der Waals surface area contributed by atoms with Crippen LogP contribution in [0.1, 0.15) is 91.7 Å². The zero-order valence-electron chi connectivity index (χ0n) is 42.0. The molecule has 19 heteroatoms. The summed E-state index contributed by atoms with van der Waals surface area (Å²) in [7, 11) is 0. The molecule has 0 saturated carbocycles. The Morgan fingerprint density at radius 1 is 1.00 bits per heavy atom. The van der Waals surface area contributed by atoms with Gasteiger partial charge < -0.3 is 34.3 Å². The SMILES string of the molecule is C=C(C(=O)N1CCN(c2nc(OCC34CCCN3CCC4)nc3c(F)c(-c4ccc(F)c5sc(N)c(C#N)c45)c(Cl)cc23)CC1)C(C)Oc1ccc2nc3c(c4c2c1CCC4)Cn1c-3cc2c(c1=O)COC(=O)C2CC. The van der Waals surface area contributed by atoms with E-state index in [0.29, 0.717) is 68.3 Å². The average molecular weight is 1060 g/mol. The van der Waals surface area contributed by atoms with E-state index in [1.165, 1.54) is 12.1 Å². The average Bonchev–Trinajstić information content (AvgIpc) is 4.29. The molecule has 13 rings (SSSR count). The Kier molecular flexibility index (Phi) is 11.6. The molecule has 2 N–H and O–H groups in total. The molecule has 0 spiro atoms. The topological polar surface area (TPSA) is 182 Å². The summed E-state index contributed by atoms with van der Waals surface area (Å²) in [5.74, 6) is -1.39. The number of halogens is 3. The number of thiophene rings is 1. The smallest absolute Gasteiger partial charge is 0.319 e. The lowest BCUT2D eigenvalue weighted by Gasteiger charge is -2.37. The minimum absolute atomic E-state index is 0.000672. The van der Waals surface area contributed by atoms with Gasteiger partial charge in [0.2, 0.25) is 0 Å². The second-order valence-corrected chi connectivity index (χ2v) is 22.4. The van der Waals surface area contributed by atoms with Gasteiger partial charge in [0.1, 0.15) is 53.3 Å². The number of nitrogens with zero attached hydrogens (tertiary/aromatic N) is 8. The highest BCUT2D eigenvalue weighted by atomic mass is 35.5. The molecule has 7 aromatic rings. The first-order valence-corrected chi connectivity index (χ1v) is 27.3. The van der Waals surface area contributed by atoms with Crippen molar-refractivity contribution in [3.63, 3.8) is 0 Å². The van der Waals surface area contributed by atoms with Gasteiger partial charge in [0.05, 0.1) is 55.8 Å². The maximum absolute atomic E-state index is 17.4. The van der Waals surface area contributed by atoms with Gasteiger partial charge in [0.25, 0.3) is 11.5 Å². The minimum Gasteiger partial charge on any atom is -0.486 e. The number of hydrogen-bond donors (Lipinski definition) is 1. The summed E-state index contributed by atoms with van der Waals surface area (Å²) < 4.78 is 53.0. The van der Waals surface area contributed by atoms with Crippen molar-refractivity contribution in [3.05, 3.63) is 109 Å². The van der Waals surface area contributed by atoms with Crippen LogP contribution in [0, 0.1) is 23.0 Å². The molecule has 3 fully saturated rings. The van der Waals surface area contributed by atoms with Crippen molar-refractivity contribution in [3.8, 4) is 40.3 Å². The lowest BCUT2D eigenvalue weighted by atomic mass is 9.86. The predicted octanol–water partition coefficient (Wildman–Crippen LogP) is 9.35. The van der Waals surface area contributed by atoms with Crippen LogP contribution >= 0.6 is 22.9 Å². The van der Waals surface area contributed by atoms with Gasteiger partial charge in [-0.25, -0.2) is 13.8 Å². The number of rotatable bonds is 10. The van der Waals surface area contributed by atoms with E-state index >= 15 is 8.78 Å². The minimum atomic E-state index is -0.781. The van der Waals surface area contributed by atoms with E-state index < -0.39 is 23.7 Å². The molecule has 3 aromatic carbocycles. The van der Waals surface area contributed by atoms with Crippen molar-refractivity contribution >= 4 is 77.5 Å².